The zero-order valence-electron chi connectivity index (χ0n) is 49.9. The lowest BCUT2D eigenvalue weighted by molar-refractivity contribution is -0.167. The average molecular weight is 1070 g/mol. The van der Waals surface area contributed by atoms with Crippen LogP contribution in [0.4, 0.5) is 0 Å². The van der Waals surface area contributed by atoms with Crippen molar-refractivity contribution in [3.05, 3.63) is 134 Å². The first-order valence-electron chi connectivity index (χ1n) is 31.7. The molecule has 1 unspecified atom stereocenters. The minimum atomic E-state index is -0.796. The van der Waals surface area contributed by atoms with Gasteiger partial charge in [-0.1, -0.05) is 264 Å². The van der Waals surface area contributed by atoms with Crippen molar-refractivity contribution in [3.8, 4) is 0 Å². The van der Waals surface area contributed by atoms with Crippen molar-refractivity contribution in [1.29, 1.82) is 0 Å². The lowest BCUT2D eigenvalue weighted by Crippen LogP contribution is -2.30. The Morgan fingerprint density at radius 3 is 0.805 bits per heavy atom. The minimum absolute atomic E-state index is 0.0918. The van der Waals surface area contributed by atoms with E-state index in [1.54, 1.807) is 0 Å². The third kappa shape index (κ3) is 62.3. The van der Waals surface area contributed by atoms with Crippen LogP contribution in [0.3, 0.4) is 0 Å². The number of ether oxygens (including phenoxy) is 3. The summed E-state index contributed by atoms with van der Waals surface area (Å²) in [5.74, 6) is -0.917. The van der Waals surface area contributed by atoms with Crippen molar-refractivity contribution in [2.45, 2.75) is 284 Å². The number of esters is 3. The fourth-order valence-corrected chi connectivity index (χ4v) is 8.42. The topological polar surface area (TPSA) is 78.9 Å². The smallest absolute Gasteiger partial charge is 0.306 e. The molecule has 0 aromatic carbocycles. The first kappa shape index (κ1) is 72.5. The lowest BCUT2D eigenvalue weighted by Gasteiger charge is -2.18. The van der Waals surface area contributed by atoms with Crippen LogP contribution in [0.15, 0.2) is 134 Å². The molecule has 0 aromatic rings. The fourth-order valence-electron chi connectivity index (χ4n) is 8.42. The van der Waals surface area contributed by atoms with Gasteiger partial charge in [-0.15, -0.1) is 0 Å². The van der Waals surface area contributed by atoms with Crippen LogP contribution in [0, 0.1) is 0 Å². The summed E-state index contributed by atoms with van der Waals surface area (Å²) in [7, 11) is 0. The molecule has 0 bridgehead atoms. The van der Waals surface area contributed by atoms with E-state index < -0.39 is 6.10 Å². The van der Waals surface area contributed by atoms with Crippen LogP contribution < -0.4 is 0 Å². The van der Waals surface area contributed by atoms with Gasteiger partial charge in [0.25, 0.3) is 0 Å². The SMILES string of the molecule is CC/C=C\C/C=C\C/C=C\C/C=C\C/C=C\CCCCCCCCCCCC(=O)OCC(COC(=O)CCCCCCC/C=C\CCCC)OC(=O)CCCCCCCCC/C=C\C/C=C\C/C=C\C/C=C\C/C=C\CC. The third-order valence-corrected chi connectivity index (χ3v) is 13.1. The molecule has 0 saturated carbocycles. The maximum Gasteiger partial charge on any atom is 0.306 e. The van der Waals surface area contributed by atoms with E-state index in [1.807, 2.05) is 0 Å². The molecule has 0 rings (SSSR count). The van der Waals surface area contributed by atoms with Crippen LogP contribution in [0.5, 0.6) is 0 Å². The molecule has 0 spiro atoms. The van der Waals surface area contributed by atoms with E-state index in [2.05, 4.69) is 154 Å². The summed E-state index contributed by atoms with van der Waals surface area (Å²) in [6.07, 6.45) is 90.2. The number of hydrogen-bond donors (Lipinski definition) is 0. The van der Waals surface area contributed by atoms with Crippen molar-refractivity contribution in [3.63, 3.8) is 0 Å². The molecule has 77 heavy (non-hydrogen) atoms. The van der Waals surface area contributed by atoms with Gasteiger partial charge in [0.2, 0.25) is 0 Å². The van der Waals surface area contributed by atoms with Crippen LogP contribution in [0.25, 0.3) is 0 Å². The second-order valence-electron chi connectivity index (χ2n) is 20.5. The van der Waals surface area contributed by atoms with Crippen LogP contribution >= 0.6 is 0 Å². The Morgan fingerprint density at radius 1 is 0.273 bits per heavy atom. The van der Waals surface area contributed by atoms with Crippen molar-refractivity contribution in [2.75, 3.05) is 13.2 Å². The van der Waals surface area contributed by atoms with Gasteiger partial charge in [0.1, 0.15) is 13.2 Å². The van der Waals surface area contributed by atoms with Crippen molar-refractivity contribution in [2.24, 2.45) is 0 Å². The van der Waals surface area contributed by atoms with Crippen molar-refractivity contribution < 1.29 is 28.6 Å². The molecular weight excluding hydrogens is 949 g/mol. The number of hydrogen-bond acceptors (Lipinski definition) is 6. The zero-order chi connectivity index (χ0) is 55.7. The van der Waals surface area contributed by atoms with Gasteiger partial charge >= 0.3 is 17.9 Å². The zero-order valence-corrected chi connectivity index (χ0v) is 49.9. The highest BCUT2D eigenvalue weighted by Crippen LogP contribution is 2.15. The number of unbranched alkanes of at least 4 members (excludes halogenated alkanes) is 23. The molecule has 6 nitrogen and oxygen atoms in total. The second-order valence-corrected chi connectivity index (χ2v) is 20.5. The Labute approximate surface area is 475 Å². The molecule has 0 fully saturated rings. The molecule has 0 aliphatic heterocycles. The summed E-state index contributed by atoms with van der Waals surface area (Å²) in [6, 6.07) is 0. The monoisotopic (exact) mass is 1060 g/mol. The molecule has 0 aliphatic carbocycles. The maximum atomic E-state index is 12.9. The maximum absolute atomic E-state index is 12.9. The van der Waals surface area contributed by atoms with Crippen molar-refractivity contribution in [1.82, 2.24) is 0 Å². The standard InChI is InChI=1S/C71H116O6/c1-4-7-10-13-16-19-22-24-26-28-30-32-34-35-37-38-40-42-44-46-49-52-55-58-61-64-70(73)76-67-68(66-75-69(72)63-60-57-54-51-48-21-18-15-12-9-6-3)77-71(74)65-62-59-56-53-50-47-45-43-41-39-36-33-31-29-27-25-23-20-17-14-11-8-5-2/h7-8,10-11,15-20,24-27,30-33,35,37,39,41,68H,4-6,9,12-14,21-23,28-29,34,36,38,40,42-67H2,1-3H3/b10-7-,11-8-,18-15-,19-16-,20-17-,26-24-,27-25-,32-30-,33-31-,37-35-,41-39-. The quantitative estimate of drug-likeness (QED) is 0.0261. The highest BCUT2D eigenvalue weighted by Gasteiger charge is 2.19. The van der Waals surface area contributed by atoms with E-state index in [0.29, 0.717) is 19.3 Å². The average Bonchev–Trinajstić information content (AvgIpc) is 3.43. The van der Waals surface area contributed by atoms with Gasteiger partial charge in [-0.2, -0.15) is 0 Å². The number of carbonyl (C=O) groups excluding carboxylic acids is 3. The largest absolute Gasteiger partial charge is 0.462 e. The molecule has 6 heteroatoms. The van der Waals surface area contributed by atoms with Gasteiger partial charge < -0.3 is 14.2 Å². The molecule has 0 aromatic heterocycles. The summed E-state index contributed by atoms with van der Waals surface area (Å²) in [5, 5.41) is 0. The van der Waals surface area contributed by atoms with E-state index in [1.165, 1.54) is 89.9 Å². The van der Waals surface area contributed by atoms with E-state index in [4.69, 9.17) is 14.2 Å². The molecule has 1 atom stereocenters. The molecule has 0 N–H and O–H groups in total. The number of rotatable bonds is 56. The van der Waals surface area contributed by atoms with Crippen LogP contribution in [-0.4, -0.2) is 37.2 Å². The third-order valence-electron chi connectivity index (χ3n) is 13.1. The Bertz CT molecular complexity index is 1650. The van der Waals surface area contributed by atoms with Gasteiger partial charge in [0, 0.05) is 19.3 Å². The Morgan fingerprint density at radius 2 is 0.506 bits per heavy atom. The molecule has 0 heterocycles. The van der Waals surface area contributed by atoms with Gasteiger partial charge in [-0.3, -0.25) is 14.4 Å². The molecule has 0 aliphatic rings. The number of carbonyl (C=O) groups is 3. The Kier molecular flexibility index (Phi) is 60.4. The van der Waals surface area contributed by atoms with E-state index in [-0.39, 0.29) is 31.1 Å². The van der Waals surface area contributed by atoms with Gasteiger partial charge in [0.15, 0.2) is 6.10 Å². The van der Waals surface area contributed by atoms with Crippen LogP contribution in [0.2, 0.25) is 0 Å². The molecular formula is C71H116O6. The Hall–Kier alpha value is -4.45. The van der Waals surface area contributed by atoms with E-state index in [0.717, 1.165) is 148 Å². The molecule has 0 amide bonds. The molecule has 0 radical (unpaired) electrons. The van der Waals surface area contributed by atoms with E-state index >= 15 is 0 Å². The van der Waals surface area contributed by atoms with Gasteiger partial charge in [0.05, 0.1) is 0 Å². The summed E-state index contributed by atoms with van der Waals surface area (Å²) >= 11 is 0. The van der Waals surface area contributed by atoms with Crippen molar-refractivity contribution >= 4 is 17.9 Å². The predicted molar refractivity (Wildman–Crippen MR) is 334 cm³/mol. The molecule has 436 valence electrons. The van der Waals surface area contributed by atoms with Gasteiger partial charge in [-0.25, -0.2) is 0 Å². The lowest BCUT2D eigenvalue weighted by atomic mass is 10.1. The summed E-state index contributed by atoms with van der Waals surface area (Å²) in [6.45, 7) is 6.36. The number of allylic oxidation sites excluding steroid dienone is 22. The second kappa shape index (κ2) is 64.1. The minimum Gasteiger partial charge on any atom is -0.462 e. The van der Waals surface area contributed by atoms with Crippen LogP contribution in [0.1, 0.15) is 278 Å². The Balaban J connectivity index is 4.35. The summed E-state index contributed by atoms with van der Waals surface area (Å²) in [5.41, 5.74) is 0. The first-order chi connectivity index (χ1) is 38.0. The molecule has 0 saturated heterocycles. The summed E-state index contributed by atoms with van der Waals surface area (Å²) < 4.78 is 16.9. The first-order valence-corrected chi connectivity index (χ1v) is 31.7. The summed E-state index contributed by atoms with van der Waals surface area (Å²) in [4.78, 5) is 38.3. The predicted octanol–water partition coefficient (Wildman–Crippen LogP) is 21.8. The highest BCUT2D eigenvalue weighted by atomic mass is 16.6. The normalized spacial score (nSPS) is 13.0. The van der Waals surface area contributed by atoms with Crippen LogP contribution in [-0.2, 0) is 28.6 Å². The van der Waals surface area contributed by atoms with Gasteiger partial charge in [-0.05, 0) is 128 Å². The highest BCUT2D eigenvalue weighted by molar-refractivity contribution is 5.71. The fraction of sp³-hybridized carbons (Fsp3) is 0.648. The van der Waals surface area contributed by atoms with E-state index in [9.17, 15) is 14.4 Å².